The maximum absolute atomic E-state index is 13.5. The Hall–Kier alpha value is -2.66. The molecule has 6 heteroatoms. The first kappa shape index (κ1) is 17.7. The molecule has 1 aromatic heterocycles. The van der Waals surface area contributed by atoms with E-state index in [0.717, 1.165) is 24.0 Å². The van der Waals surface area contributed by atoms with Gasteiger partial charge in [-0.1, -0.05) is 41.9 Å². The number of carbonyl (C=O) groups excluding carboxylic acids is 1. The topological polar surface area (TPSA) is 49.0 Å². The van der Waals surface area contributed by atoms with Crippen molar-refractivity contribution in [3.05, 3.63) is 76.7 Å². The summed E-state index contributed by atoms with van der Waals surface area (Å²) in [7, 11) is 0. The van der Waals surface area contributed by atoms with Crippen LogP contribution in [0.2, 0.25) is 5.02 Å². The van der Waals surface area contributed by atoms with Crippen LogP contribution in [-0.2, 0) is 6.42 Å². The number of amides is 1. The molecule has 1 aliphatic rings. The highest BCUT2D eigenvalue weighted by atomic mass is 35.5. The average molecular weight is 384 g/mol. The molecule has 138 valence electrons. The largest absolute Gasteiger partial charge is 0.334 e. The van der Waals surface area contributed by atoms with Crippen molar-refractivity contribution in [3.63, 3.8) is 0 Å². The first-order valence-electron chi connectivity index (χ1n) is 8.97. The Morgan fingerprint density at radius 2 is 2.07 bits per heavy atom. The molecule has 1 aliphatic heterocycles. The van der Waals surface area contributed by atoms with Crippen LogP contribution in [0.4, 0.5) is 4.39 Å². The van der Waals surface area contributed by atoms with E-state index in [0.29, 0.717) is 29.4 Å². The monoisotopic (exact) mass is 383 g/mol. The van der Waals surface area contributed by atoms with Gasteiger partial charge in [0.2, 0.25) is 0 Å². The van der Waals surface area contributed by atoms with Gasteiger partial charge in [0.1, 0.15) is 11.5 Å². The normalized spacial score (nSPS) is 16.7. The summed E-state index contributed by atoms with van der Waals surface area (Å²) in [5.41, 5.74) is 2.77. The lowest BCUT2D eigenvalue weighted by molar-refractivity contribution is 0.0730. The first-order chi connectivity index (χ1) is 13.1. The maximum Gasteiger partial charge on any atom is 0.272 e. The molecule has 1 N–H and O–H groups in total. The number of aromatic amines is 1. The van der Waals surface area contributed by atoms with E-state index in [1.54, 1.807) is 18.2 Å². The summed E-state index contributed by atoms with van der Waals surface area (Å²) in [6.07, 6.45) is 2.50. The van der Waals surface area contributed by atoms with E-state index in [4.69, 9.17) is 11.6 Å². The molecular weight excluding hydrogens is 365 g/mol. The van der Waals surface area contributed by atoms with Crippen molar-refractivity contribution in [1.29, 1.82) is 0 Å². The molecular formula is C21H19ClFN3O. The van der Waals surface area contributed by atoms with Gasteiger partial charge in [0.15, 0.2) is 0 Å². The number of hydrogen-bond donors (Lipinski definition) is 1. The number of carbonyl (C=O) groups is 1. The molecule has 27 heavy (non-hydrogen) atoms. The van der Waals surface area contributed by atoms with Gasteiger partial charge < -0.3 is 4.90 Å². The molecule has 2 aromatic carbocycles. The van der Waals surface area contributed by atoms with Crippen LogP contribution in [0.3, 0.4) is 0 Å². The third-order valence-electron chi connectivity index (χ3n) is 4.96. The van der Waals surface area contributed by atoms with Crippen LogP contribution >= 0.6 is 11.6 Å². The molecule has 1 fully saturated rings. The van der Waals surface area contributed by atoms with E-state index in [9.17, 15) is 9.18 Å². The van der Waals surface area contributed by atoms with Gasteiger partial charge in [0.05, 0.1) is 10.7 Å². The van der Waals surface area contributed by atoms with Crippen molar-refractivity contribution in [2.45, 2.75) is 25.3 Å². The number of nitrogens with zero attached hydrogens (tertiary/aromatic N) is 2. The highest BCUT2D eigenvalue weighted by Crippen LogP contribution is 2.28. The van der Waals surface area contributed by atoms with E-state index in [1.165, 1.54) is 12.1 Å². The van der Waals surface area contributed by atoms with Gasteiger partial charge in [-0.2, -0.15) is 5.10 Å². The van der Waals surface area contributed by atoms with Gasteiger partial charge in [0.25, 0.3) is 5.91 Å². The summed E-state index contributed by atoms with van der Waals surface area (Å²) in [5.74, 6) is -0.332. The van der Waals surface area contributed by atoms with Crippen molar-refractivity contribution in [2.24, 2.45) is 0 Å². The Bertz CT molecular complexity index is 971. The van der Waals surface area contributed by atoms with Crippen LogP contribution in [-0.4, -0.2) is 33.6 Å². The second kappa shape index (κ2) is 7.53. The zero-order chi connectivity index (χ0) is 18.8. The lowest BCUT2D eigenvalue weighted by Gasteiger charge is -2.24. The molecule has 0 radical (unpaired) electrons. The predicted molar refractivity (Wildman–Crippen MR) is 103 cm³/mol. The highest BCUT2D eigenvalue weighted by Gasteiger charge is 2.30. The van der Waals surface area contributed by atoms with Gasteiger partial charge in [-0.25, -0.2) is 4.39 Å². The fourth-order valence-corrected chi connectivity index (χ4v) is 3.88. The third-order valence-corrected chi connectivity index (χ3v) is 5.29. The third kappa shape index (κ3) is 3.74. The fraction of sp³-hybridized carbons (Fsp3) is 0.238. The number of halogens is 2. The summed E-state index contributed by atoms with van der Waals surface area (Å²) in [6.45, 7) is 0.694. The second-order valence-corrected chi connectivity index (χ2v) is 7.18. The molecule has 1 amide bonds. The minimum Gasteiger partial charge on any atom is -0.334 e. The number of hydrogen-bond acceptors (Lipinski definition) is 2. The molecule has 0 saturated carbocycles. The number of rotatable bonds is 4. The van der Waals surface area contributed by atoms with Gasteiger partial charge in [-0.15, -0.1) is 0 Å². The van der Waals surface area contributed by atoms with Gasteiger partial charge in [-0.3, -0.25) is 9.89 Å². The number of H-pyrrole nitrogens is 1. The Morgan fingerprint density at radius 3 is 2.89 bits per heavy atom. The molecule has 4 rings (SSSR count). The Labute approximate surface area is 162 Å². The molecule has 0 unspecified atom stereocenters. The van der Waals surface area contributed by atoms with Crippen LogP contribution in [0.15, 0.2) is 54.6 Å². The van der Waals surface area contributed by atoms with E-state index in [-0.39, 0.29) is 17.8 Å². The highest BCUT2D eigenvalue weighted by molar-refractivity contribution is 6.33. The summed E-state index contributed by atoms with van der Waals surface area (Å²) in [5, 5.41) is 7.69. The van der Waals surface area contributed by atoms with Crippen molar-refractivity contribution >= 4 is 17.5 Å². The number of aromatic nitrogens is 2. The van der Waals surface area contributed by atoms with E-state index in [2.05, 4.69) is 10.2 Å². The Kier molecular flexibility index (Phi) is 4.94. The van der Waals surface area contributed by atoms with Crippen molar-refractivity contribution in [2.75, 3.05) is 6.54 Å². The molecule has 1 saturated heterocycles. The minimum absolute atomic E-state index is 0.0614. The summed E-state index contributed by atoms with van der Waals surface area (Å²) in [4.78, 5) is 14.8. The van der Waals surface area contributed by atoms with Crippen LogP contribution in [0.1, 0.15) is 28.9 Å². The number of nitrogens with one attached hydrogen (secondary N) is 1. The first-order valence-corrected chi connectivity index (χ1v) is 9.35. The molecule has 0 bridgehead atoms. The molecule has 2 heterocycles. The smallest absolute Gasteiger partial charge is 0.272 e. The lowest BCUT2D eigenvalue weighted by atomic mass is 10.0. The molecule has 1 atom stereocenters. The molecule has 3 aromatic rings. The molecule has 0 spiro atoms. The van der Waals surface area contributed by atoms with Gasteiger partial charge >= 0.3 is 0 Å². The Morgan fingerprint density at radius 1 is 1.22 bits per heavy atom. The van der Waals surface area contributed by atoms with Crippen LogP contribution in [0.5, 0.6) is 0 Å². The van der Waals surface area contributed by atoms with Crippen molar-refractivity contribution in [1.82, 2.24) is 15.1 Å². The number of likely N-dealkylation sites (tertiary alicyclic amines) is 1. The van der Waals surface area contributed by atoms with Gasteiger partial charge in [0, 0.05) is 18.2 Å². The Balaban J connectivity index is 1.53. The van der Waals surface area contributed by atoms with Crippen molar-refractivity contribution < 1.29 is 9.18 Å². The maximum atomic E-state index is 13.5. The van der Waals surface area contributed by atoms with Crippen LogP contribution in [0, 0.1) is 5.82 Å². The zero-order valence-electron chi connectivity index (χ0n) is 14.7. The van der Waals surface area contributed by atoms with Crippen LogP contribution in [0.25, 0.3) is 11.3 Å². The fourth-order valence-electron chi connectivity index (χ4n) is 3.64. The lowest BCUT2D eigenvalue weighted by Crippen LogP contribution is -2.37. The summed E-state index contributed by atoms with van der Waals surface area (Å²) in [6, 6.07) is 15.8. The quantitative estimate of drug-likeness (QED) is 0.708. The second-order valence-electron chi connectivity index (χ2n) is 6.78. The summed E-state index contributed by atoms with van der Waals surface area (Å²) >= 11 is 6.22. The van der Waals surface area contributed by atoms with E-state index < -0.39 is 0 Å². The van der Waals surface area contributed by atoms with E-state index in [1.807, 2.05) is 29.2 Å². The molecule has 4 nitrogen and oxygen atoms in total. The zero-order valence-corrected chi connectivity index (χ0v) is 15.4. The van der Waals surface area contributed by atoms with Crippen LogP contribution < -0.4 is 0 Å². The predicted octanol–water partition coefficient (Wildman–Crippen LogP) is 4.72. The summed E-state index contributed by atoms with van der Waals surface area (Å²) < 4.78 is 13.5. The standard InChI is InChI=1S/C21H19ClFN3O/c22-18-9-2-1-8-17(18)19-13-20(25-24-19)21(27)26-10-4-7-16(26)12-14-5-3-6-15(23)11-14/h1-3,5-6,8-9,11,13,16H,4,7,10,12H2,(H,24,25)/t16-/m1/s1. The number of benzene rings is 2. The van der Waals surface area contributed by atoms with E-state index >= 15 is 0 Å². The SMILES string of the molecule is O=C(c1cc(-c2ccccc2Cl)n[nH]1)N1CCC[C@@H]1Cc1cccc(F)c1. The molecule has 0 aliphatic carbocycles. The van der Waals surface area contributed by atoms with Gasteiger partial charge in [-0.05, 0) is 49.1 Å². The minimum atomic E-state index is -0.249. The average Bonchev–Trinajstić information content (AvgIpc) is 3.31. The van der Waals surface area contributed by atoms with Crippen molar-refractivity contribution in [3.8, 4) is 11.3 Å².